The van der Waals surface area contributed by atoms with Gasteiger partial charge in [-0.2, -0.15) is 0 Å². The van der Waals surface area contributed by atoms with E-state index in [1.807, 2.05) is 6.92 Å². The zero-order valence-corrected chi connectivity index (χ0v) is 9.19. The van der Waals surface area contributed by atoms with E-state index in [2.05, 4.69) is 4.98 Å². The second-order valence-electron chi connectivity index (χ2n) is 3.83. The Kier molecular flexibility index (Phi) is 3.15. The molecule has 0 aliphatic carbocycles. The Balaban J connectivity index is 2.36. The first-order chi connectivity index (χ1) is 8.08. The number of aryl methyl sites for hydroxylation is 1. The van der Waals surface area contributed by atoms with Crippen LogP contribution >= 0.6 is 0 Å². The Labute approximate surface area is 97.6 Å². The molecule has 0 aliphatic rings. The zero-order valence-electron chi connectivity index (χ0n) is 9.19. The van der Waals surface area contributed by atoms with Gasteiger partial charge in [-0.05, 0) is 42.3 Å². The first-order valence-electron chi connectivity index (χ1n) is 5.13. The fourth-order valence-electron chi connectivity index (χ4n) is 1.56. The van der Waals surface area contributed by atoms with E-state index in [1.165, 1.54) is 6.07 Å². The van der Waals surface area contributed by atoms with E-state index in [0.29, 0.717) is 5.69 Å². The van der Waals surface area contributed by atoms with Crippen molar-refractivity contribution in [2.75, 3.05) is 0 Å². The molecule has 17 heavy (non-hydrogen) atoms. The number of hydrogen-bond donors (Lipinski definition) is 1. The number of pyridine rings is 1. The predicted molar refractivity (Wildman–Crippen MR) is 59.4 cm³/mol. The maximum absolute atomic E-state index is 13.0. The highest BCUT2D eigenvalue weighted by molar-refractivity contribution is 5.28. The second kappa shape index (κ2) is 4.59. The van der Waals surface area contributed by atoms with Crippen molar-refractivity contribution in [2.24, 2.45) is 0 Å². The number of benzene rings is 1. The minimum Gasteiger partial charge on any atom is -0.382 e. The molecule has 0 fully saturated rings. The summed E-state index contributed by atoms with van der Waals surface area (Å²) in [7, 11) is 0. The van der Waals surface area contributed by atoms with Crippen molar-refractivity contribution in [2.45, 2.75) is 13.0 Å². The number of halogens is 2. The molecule has 0 radical (unpaired) electrons. The smallest absolute Gasteiger partial charge is 0.159 e. The minimum atomic E-state index is -1.05. The van der Waals surface area contributed by atoms with Gasteiger partial charge < -0.3 is 5.11 Å². The Hall–Kier alpha value is -1.81. The third-order valence-electron chi connectivity index (χ3n) is 2.48. The summed E-state index contributed by atoms with van der Waals surface area (Å²) in [5.41, 5.74) is 1.63. The van der Waals surface area contributed by atoms with Gasteiger partial charge in [0.25, 0.3) is 0 Å². The van der Waals surface area contributed by atoms with Crippen molar-refractivity contribution in [3.05, 3.63) is 65.0 Å². The van der Waals surface area contributed by atoms with Gasteiger partial charge in [0, 0.05) is 6.20 Å². The Morgan fingerprint density at radius 2 is 1.88 bits per heavy atom. The lowest BCUT2D eigenvalue weighted by Gasteiger charge is -2.11. The summed E-state index contributed by atoms with van der Waals surface area (Å²) in [6.07, 6.45) is 0.512. The molecule has 0 spiro atoms. The number of rotatable bonds is 2. The Bertz CT molecular complexity index is 543. The standard InChI is InChI=1S/C13H11F2NO/c1-8-4-5-16-12(6-8)13(17)9-2-3-10(14)11(15)7-9/h2-7,13,17H,1H3. The number of hydrogen-bond acceptors (Lipinski definition) is 2. The third kappa shape index (κ3) is 2.47. The third-order valence-corrected chi connectivity index (χ3v) is 2.48. The zero-order chi connectivity index (χ0) is 12.4. The molecule has 2 aromatic rings. The first kappa shape index (κ1) is 11.7. The van der Waals surface area contributed by atoms with Crippen molar-refractivity contribution in [3.8, 4) is 0 Å². The van der Waals surface area contributed by atoms with Crippen LogP contribution in [-0.2, 0) is 0 Å². The van der Waals surface area contributed by atoms with Crippen molar-refractivity contribution in [1.29, 1.82) is 0 Å². The second-order valence-corrected chi connectivity index (χ2v) is 3.83. The molecule has 1 aromatic carbocycles. The summed E-state index contributed by atoms with van der Waals surface area (Å²) in [6.45, 7) is 1.86. The van der Waals surface area contributed by atoms with Crippen molar-refractivity contribution in [1.82, 2.24) is 4.98 Å². The summed E-state index contributed by atoms with van der Waals surface area (Å²) in [4.78, 5) is 4.00. The molecule has 88 valence electrons. The average Bonchev–Trinajstić information content (AvgIpc) is 2.32. The molecule has 0 amide bonds. The fraction of sp³-hybridized carbons (Fsp3) is 0.154. The number of aromatic nitrogens is 1. The average molecular weight is 235 g/mol. The predicted octanol–water partition coefficient (Wildman–Crippen LogP) is 2.75. The lowest BCUT2D eigenvalue weighted by Crippen LogP contribution is -2.03. The molecular weight excluding hydrogens is 224 g/mol. The molecule has 0 saturated carbocycles. The summed E-state index contributed by atoms with van der Waals surface area (Å²) in [5, 5.41) is 9.98. The van der Waals surface area contributed by atoms with Crippen LogP contribution in [0.25, 0.3) is 0 Å². The van der Waals surface area contributed by atoms with E-state index in [0.717, 1.165) is 17.7 Å². The van der Waals surface area contributed by atoms with Gasteiger partial charge in [-0.3, -0.25) is 4.98 Å². The van der Waals surface area contributed by atoms with Crippen LogP contribution in [0, 0.1) is 18.6 Å². The first-order valence-corrected chi connectivity index (χ1v) is 5.13. The monoisotopic (exact) mass is 235 g/mol. The van der Waals surface area contributed by atoms with Crippen molar-refractivity contribution in [3.63, 3.8) is 0 Å². The minimum absolute atomic E-state index is 0.280. The number of aliphatic hydroxyl groups is 1. The lowest BCUT2D eigenvalue weighted by atomic mass is 10.0. The van der Waals surface area contributed by atoms with Crippen molar-refractivity contribution < 1.29 is 13.9 Å². The molecule has 1 unspecified atom stereocenters. The van der Waals surface area contributed by atoms with Gasteiger partial charge in [0.05, 0.1) is 5.69 Å². The summed E-state index contributed by atoms with van der Waals surface area (Å²) >= 11 is 0. The van der Waals surface area contributed by atoms with E-state index >= 15 is 0 Å². The fourth-order valence-corrected chi connectivity index (χ4v) is 1.56. The Morgan fingerprint density at radius 3 is 2.53 bits per heavy atom. The SMILES string of the molecule is Cc1ccnc(C(O)c2ccc(F)c(F)c2)c1. The van der Waals surface area contributed by atoms with Crippen LogP contribution in [0.5, 0.6) is 0 Å². The molecule has 0 saturated heterocycles. The van der Waals surface area contributed by atoms with Gasteiger partial charge in [0.15, 0.2) is 11.6 Å². The molecule has 4 heteroatoms. The van der Waals surface area contributed by atoms with Gasteiger partial charge in [0.2, 0.25) is 0 Å². The van der Waals surface area contributed by atoms with Gasteiger partial charge in [0.1, 0.15) is 6.10 Å². The van der Waals surface area contributed by atoms with Gasteiger partial charge in [-0.15, -0.1) is 0 Å². The van der Waals surface area contributed by atoms with E-state index in [4.69, 9.17) is 0 Å². The molecule has 2 rings (SSSR count). The number of aliphatic hydroxyl groups excluding tert-OH is 1. The highest BCUT2D eigenvalue weighted by Gasteiger charge is 2.14. The molecule has 0 bridgehead atoms. The van der Waals surface area contributed by atoms with Crippen LogP contribution in [-0.4, -0.2) is 10.1 Å². The maximum Gasteiger partial charge on any atom is 0.159 e. The van der Waals surface area contributed by atoms with E-state index in [1.54, 1.807) is 18.3 Å². The Morgan fingerprint density at radius 1 is 1.12 bits per heavy atom. The maximum atomic E-state index is 13.0. The number of nitrogens with zero attached hydrogens (tertiary/aromatic N) is 1. The van der Waals surface area contributed by atoms with Crippen LogP contribution < -0.4 is 0 Å². The van der Waals surface area contributed by atoms with E-state index in [9.17, 15) is 13.9 Å². The molecule has 1 heterocycles. The summed E-state index contributed by atoms with van der Waals surface area (Å²) in [6, 6.07) is 6.80. The lowest BCUT2D eigenvalue weighted by molar-refractivity contribution is 0.214. The molecular formula is C13H11F2NO. The molecule has 1 N–H and O–H groups in total. The quantitative estimate of drug-likeness (QED) is 0.868. The molecule has 1 atom stereocenters. The largest absolute Gasteiger partial charge is 0.382 e. The van der Waals surface area contributed by atoms with Crippen LogP contribution in [0.15, 0.2) is 36.5 Å². The van der Waals surface area contributed by atoms with Crippen LogP contribution in [0.1, 0.15) is 22.9 Å². The summed E-state index contributed by atoms with van der Waals surface area (Å²) in [5.74, 6) is -1.91. The highest BCUT2D eigenvalue weighted by atomic mass is 19.2. The van der Waals surface area contributed by atoms with E-state index in [-0.39, 0.29) is 5.56 Å². The topological polar surface area (TPSA) is 33.1 Å². The van der Waals surface area contributed by atoms with Gasteiger partial charge in [-0.1, -0.05) is 6.07 Å². The van der Waals surface area contributed by atoms with Crippen LogP contribution in [0.4, 0.5) is 8.78 Å². The normalized spacial score (nSPS) is 12.5. The van der Waals surface area contributed by atoms with E-state index < -0.39 is 17.7 Å². The highest BCUT2D eigenvalue weighted by Crippen LogP contribution is 2.22. The van der Waals surface area contributed by atoms with Crippen molar-refractivity contribution >= 4 is 0 Å². The summed E-state index contributed by atoms with van der Waals surface area (Å²) < 4.78 is 25.8. The van der Waals surface area contributed by atoms with Crippen LogP contribution in [0.2, 0.25) is 0 Å². The molecule has 1 aromatic heterocycles. The van der Waals surface area contributed by atoms with Gasteiger partial charge >= 0.3 is 0 Å². The van der Waals surface area contributed by atoms with Crippen LogP contribution in [0.3, 0.4) is 0 Å². The molecule has 2 nitrogen and oxygen atoms in total. The molecule has 0 aliphatic heterocycles. The van der Waals surface area contributed by atoms with Gasteiger partial charge in [-0.25, -0.2) is 8.78 Å².